The van der Waals surface area contributed by atoms with E-state index in [1.54, 1.807) is 42.4 Å². The number of aryl methyl sites for hydroxylation is 1. The fourth-order valence-electron chi connectivity index (χ4n) is 2.21. The lowest BCUT2D eigenvalue weighted by Crippen LogP contribution is -2.36. The van der Waals surface area contributed by atoms with Crippen molar-refractivity contribution in [3.63, 3.8) is 0 Å². The van der Waals surface area contributed by atoms with Gasteiger partial charge >= 0.3 is 0 Å². The van der Waals surface area contributed by atoms with Gasteiger partial charge in [0.2, 0.25) is 0 Å². The van der Waals surface area contributed by atoms with Crippen molar-refractivity contribution < 1.29 is 14.6 Å². The molecule has 0 bridgehead atoms. The van der Waals surface area contributed by atoms with Crippen molar-refractivity contribution in [3.05, 3.63) is 46.2 Å². The summed E-state index contributed by atoms with van der Waals surface area (Å²) in [4.78, 5) is 14.0. The molecule has 2 aromatic rings. The number of halogens is 2. The second kappa shape index (κ2) is 8.92. The summed E-state index contributed by atoms with van der Waals surface area (Å²) in [6.07, 6.45) is 2.17. The molecule has 1 aromatic heterocycles. The molecule has 0 saturated carbocycles. The molecule has 0 unspecified atom stereocenters. The maximum absolute atomic E-state index is 12.4. The minimum absolute atomic E-state index is 0.104. The first-order chi connectivity index (χ1) is 11.5. The van der Waals surface area contributed by atoms with Gasteiger partial charge in [-0.3, -0.25) is 9.48 Å². The van der Waals surface area contributed by atoms with Crippen molar-refractivity contribution in [3.8, 4) is 5.75 Å². The number of aliphatic hydroxyl groups is 1. The third kappa shape index (κ3) is 4.87. The summed E-state index contributed by atoms with van der Waals surface area (Å²) in [5.74, 6) is 0.376. The summed E-state index contributed by atoms with van der Waals surface area (Å²) >= 11 is 11.9. The van der Waals surface area contributed by atoms with Crippen LogP contribution in [0.5, 0.6) is 5.75 Å². The van der Waals surface area contributed by atoms with Gasteiger partial charge in [0.25, 0.3) is 5.91 Å². The monoisotopic (exact) mass is 371 g/mol. The molecule has 0 aliphatic carbocycles. The molecule has 24 heavy (non-hydrogen) atoms. The number of aliphatic hydroxyl groups excluding tert-OH is 1. The first-order valence-electron chi connectivity index (χ1n) is 7.49. The number of benzene rings is 1. The van der Waals surface area contributed by atoms with Gasteiger partial charge in [-0.05, 0) is 30.7 Å². The van der Waals surface area contributed by atoms with Gasteiger partial charge < -0.3 is 14.7 Å². The zero-order valence-corrected chi connectivity index (χ0v) is 14.8. The van der Waals surface area contributed by atoms with Crippen molar-refractivity contribution >= 4 is 29.1 Å². The predicted octanol–water partition coefficient (Wildman–Crippen LogP) is 2.63. The standard InChI is InChI=1S/C16H19Cl2N3O3/c1-20-14(5-6-19-20)16(23)21(8-9-22)7-2-10-24-15-4-3-12(17)11-13(15)18/h3-6,11,22H,2,7-10H2,1H3. The highest BCUT2D eigenvalue weighted by Crippen LogP contribution is 2.27. The van der Waals surface area contributed by atoms with E-state index >= 15 is 0 Å². The molecule has 0 aliphatic heterocycles. The van der Waals surface area contributed by atoms with Crippen LogP contribution in [0.2, 0.25) is 10.0 Å². The quantitative estimate of drug-likeness (QED) is 0.724. The molecule has 0 saturated heterocycles. The van der Waals surface area contributed by atoms with Crippen LogP contribution in [0.25, 0.3) is 0 Å². The highest BCUT2D eigenvalue weighted by molar-refractivity contribution is 6.35. The van der Waals surface area contributed by atoms with Gasteiger partial charge in [0.15, 0.2) is 0 Å². The number of hydrogen-bond donors (Lipinski definition) is 1. The minimum Gasteiger partial charge on any atom is -0.492 e. The van der Waals surface area contributed by atoms with Gasteiger partial charge in [0, 0.05) is 31.4 Å². The van der Waals surface area contributed by atoms with Crippen LogP contribution in [0, 0.1) is 0 Å². The summed E-state index contributed by atoms with van der Waals surface area (Å²) in [7, 11) is 1.70. The molecule has 6 nitrogen and oxygen atoms in total. The third-order valence-electron chi connectivity index (χ3n) is 3.42. The Balaban J connectivity index is 1.87. The van der Waals surface area contributed by atoms with E-state index in [9.17, 15) is 9.90 Å². The number of hydrogen-bond acceptors (Lipinski definition) is 4. The summed E-state index contributed by atoms with van der Waals surface area (Å²) in [5.41, 5.74) is 0.477. The fraction of sp³-hybridized carbons (Fsp3) is 0.375. The van der Waals surface area contributed by atoms with Crippen molar-refractivity contribution in [1.82, 2.24) is 14.7 Å². The maximum atomic E-state index is 12.4. The molecule has 1 heterocycles. The number of ether oxygens (including phenoxy) is 1. The van der Waals surface area contributed by atoms with E-state index < -0.39 is 0 Å². The largest absolute Gasteiger partial charge is 0.492 e. The average molecular weight is 372 g/mol. The molecule has 0 fully saturated rings. The normalized spacial score (nSPS) is 10.7. The Morgan fingerprint density at radius 2 is 2.12 bits per heavy atom. The van der Waals surface area contributed by atoms with Gasteiger partial charge in [-0.15, -0.1) is 0 Å². The Hall–Kier alpha value is -1.76. The van der Waals surface area contributed by atoms with E-state index in [0.717, 1.165) is 0 Å². The second-order valence-corrected chi connectivity index (χ2v) is 5.98. The number of carbonyl (C=O) groups excluding carboxylic acids is 1. The van der Waals surface area contributed by atoms with Crippen LogP contribution in [-0.4, -0.2) is 52.0 Å². The molecular weight excluding hydrogens is 353 g/mol. The van der Waals surface area contributed by atoms with E-state index in [4.69, 9.17) is 27.9 Å². The van der Waals surface area contributed by atoms with E-state index in [1.807, 2.05) is 0 Å². The van der Waals surface area contributed by atoms with E-state index in [2.05, 4.69) is 5.10 Å². The first kappa shape index (κ1) is 18.6. The molecule has 0 aliphatic rings. The van der Waals surface area contributed by atoms with Crippen molar-refractivity contribution in [2.45, 2.75) is 6.42 Å². The molecule has 8 heteroatoms. The summed E-state index contributed by atoms with van der Waals surface area (Å²) in [5, 5.41) is 14.2. The Kier molecular flexibility index (Phi) is 6.90. The van der Waals surface area contributed by atoms with Crippen LogP contribution in [0.1, 0.15) is 16.9 Å². The summed E-state index contributed by atoms with van der Waals surface area (Å²) < 4.78 is 7.12. The van der Waals surface area contributed by atoms with Gasteiger partial charge in [0.05, 0.1) is 18.2 Å². The maximum Gasteiger partial charge on any atom is 0.272 e. The van der Waals surface area contributed by atoms with E-state index in [-0.39, 0.29) is 19.1 Å². The smallest absolute Gasteiger partial charge is 0.272 e. The average Bonchev–Trinajstić information content (AvgIpc) is 2.97. The highest BCUT2D eigenvalue weighted by Gasteiger charge is 2.18. The topological polar surface area (TPSA) is 67.6 Å². The lowest BCUT2D eigenvalue weighted by atomic mass is 10.3. The lowest BCUT2D eigenvalue weighted by Gasteiger charge is -2.21. The van der Waals surface area contributed by atoms with E-state index in [1.165, 1.54) is 4.68 Å². The Labute approximate surface area is 150 Å². The van der Waals surface area contributed by atoms with Gasteiger partial charge in [-0.25, -0.2) is 0 Å². The van der Waals surface area contributed by atoms with Crippen molar-refractivity contribution in [2.24, 2.45) is 7.05 Å². The molecule has 2 rings (SSSR count). The molecule has 1 aromatic carbocycles. The van der Waals surface area contributed by atoms with Crippen LogP contribution >= 0.6 is 23.2 Å². The number of nitrogens with zero attached hydrogens (tertiary/aromatic N) is 3. The number of rotatable bonds is 8. The molecule has 1 N–H and O–H groups in total. The van der Waals surface area contributed by atoms with Gasteiger partial charge in [0.1, 0.15) is 11.4 Å². The molecule has 0 radical (unpaired) electrons. The van der Waals surface area contributed by atoms with E-state index in [0.29, 0.717) is 41.1 Å². The molecule has 0 spiro atoms. The summed E-state index contributed by atoms with van der Waals surface area (Å²) in [6.45, 7) is 0.997. The van der Waals surface area contributed by atoms with Gasteiger partial charge in [-0.1, -0.05) is 23.2 Å². The number of aromatic nitrogens is 2. The molecular formula is C16H19Cl2N3O3. The zero-order valence-electron chi connectivity index (χ0n) is 13.3. The number of amides is 1. The summed E-state index contributed by atoms with van der Waals surface area (Å²) in [6, 6.07) is 6.67. The van der Waals surface area contributed by atoms with Crippen LogP contribution in [-0.2, 0) is 7.05 Å². The fourth-order valence-corrected chi connectivity index (χ4v) is 2.67. The molecule has 1 amide bonds. The molecule has 0 atom stereocenters. The van der Waals surface area contributed by atoms with Crippen LogP contribution in [0.4, 0.5) is 0 Å². The Bertz CT molecular complexity index is 691. The Morgan fingerprint density at radius 3 is 2.75 bits per heavy atom. The third-order valence-corrected chi connectivity index (χ3v) is 3.95. The van der Waals surface area contributed by atoms with Crippen LogP contribution < -0.4 is 4.74 Å². The lowest BCUT2D eigenvalue weighted by molar-refractivity contribution is 0.0701. The Morgan fingerprint density at radius 1 is 1.33 bits per heavy atom. The number of carbonyl (C=O) groups is 1. The van der Waals surface area contributed by atoms with Crippen LogP contribution in [0.15, 0.2) is 30.5 Å². The van der Waals surface area contributed by atoms with Crippen molar-refractivity contribution in [2.75, 3.05) is 26.3 Å². The van der Waals surface area contributed by atoms with Crippen molar-refractivity contribution in [1.29, 1.82) is 0 Å². The predicted molar refractivity (Wildman–Crippen MR) is 92.8 cm³/mol. The minimum atomic E-state index is -0.173. The molecule has 130 valence electrons. The highest BCUT2D eigenvalue weighted by atomic mass is 35.5. The van der Waals surface area contributed by atoms with Crippen LogP contribution in [0.3, 0.4) is 0 Å². The van der Waals surface area contributed by atoms with Gasteiger partial charge in [-0.2, -0.15) is 5.10 Å². The zero-order chi connectivity index (χ0) is 17.5. The first-order valence-corrected chi connectivity index (χ1v) is 8.24. The second-order valence-electron chi connectivity index (χ2n) is 5.13. The SMILES string of the molecule is Cn1nccc1C(=O)N(CCO)CCCOc1ccc(Cl)cc1Cl.